The van der Waals surface area contributed by atoms with Crippen molar-refractivity contribution in [3.8, 4) is 6.07 Å². The van der Waals surface area contributed by atoms with E-state index in [1.54, 1.807) is 6.20 Å². The maximum atomic E-state index is 13.0. The summed E-state index contributed by atoms with van der Waals surface area (Å²) in [5.74, 6) is 0.404. The lowest BCUT2D eigenvalue weighted by Crippen LogP contribution is -2.31. The topological polar surface area (TPSA) is 76.9 Å². The molecule has 0 bridgehead atoms. The largest absolute Gasteiger partial charge is 0.357 e. The quantitative estimate of drug-likeness (QED) is 0.840. The highest BCUT2D eigenvalue weighted by molar-refractivity contribution is 5.48. The monoisotopic (exact) mass is 340 g/mol. The van der Waals surface area contributed by atoms with Crippen molar-refractivity contribution >= 4 is 5.82 Å². The number of benzene rings is 1. The molecule has 0 spiro atoms. The Balaban J connectivity index is 1.47. The Morgan fingerprint density at radius 1 is 1.24 bits per heavy atom. The lowest BCUT2D eigenvalue weighted by molar-refractivity contribution is 0.502. The van der Waals surface area contributed by atoms with Crippen molar-refractivity contribution < 1.29 is 4.39 Å². The molecule has 3 rings (SSSR count). The van der Waals surface area contributed by atoms with Gasteiger partial charge in [-0.1, -0.05) is 12.1 Å². The first-order chi connectivity index (χ1) is 12.2. The van der Waals surface area contributed by atoms with Gasteiger partial charge in [0.15, 0.2) is 11.5 Å². The van der Waals surface area contributed by atoms with E-state index in [0.29, 0.717) is 17.6 Å². The highest BCUT2D eigenvalue weighted by atomic mass is 19.1. The molecule has 0 saturated carbocycles. The van der Waals surface area contributed by atoms with Crippen molar-refractivity contribution in [2.24, 2.45) is 0 Å². The van der Waals surface area contributed by atoms with Crippen molar-refractivity contribution in [2.75, 3.05) is 18.5 Å². The van der Waals surface area contributed by atoms with Gasteiger partial charge in [-0.2, -0.15) is 5.26 Å². The summed E-state index contributed by atoms with van der Waals surface area (Å²) in [5.41, 5.74) is 8.03. The standard InChI is InChI=1S/C18H21FN6/c1-25(18-17(12-20)21-8-9-22-18)10-2-3-15-11-16(24-23-15)13-4-6-14(19)7-5-13/h4-9,15-16,23-24H,2-3,10-11H2,1H3. The fourth-order valence-corrected chi connectivity index (χ4v) is 3.09. The number of hydrazine groups is 1. The van der Waals surface area contributed by atoms with E-state index in [9.17, 15) is 4.39 Å². The number of nitrogens with zero attached hydrogens (tertiary/aromatic N) is 4. The predicted octanol–water partition coefficient (Wildman–Crippen LogP) is 2.31. The molecule has 0 radical (unpaired) electrons. The SMILES string of the molecule is CN(CCCC1CC(c2ccc(F)cc2)NN1)c1nccnc1C#N. The van der Waals surface area contributed by atoms with Crippen molar-refractivity contribution in [1.82, 2.24) is 20.8 Å². The molecule has 7 heteroatoms. The highest BCUT2D eigenvalue weighted by Crippen LogP contribution is 2.24. The Morgan fingerprint density at radius 3 is 2.76 bits per heavy atom. The average molecular weight is 340 g/mol. The van der Waals surface area contributed by atoms with Crippen molar-refractivity contribution in [3.63, 3.8) is 0 Å². The number of nitriles is 1. The van der Waals surface area contributed by atoms with Crippen LogP contribution >= 0.6 is 0 Å². The van der Waals surface area contributed by atoms with Gasteiger partial charge in [0, 0.05) is 38.1 Å². The van der Waals surface area contributed by atoms with Crippen LogP contribution in [0.1, 0.15) is 36.6 Å². The molecule has 1 aromatic carbocycles. The van der Waals surface area contributed by atoms with Crippen molar-refractivity contribution in [3.05, 3.63) is 53.7 Å². The number of rotatable bonds is 6. The van der Waals surface area contributed by atoms with E-state index < -0.39 is 0 Å². The van der Waals surface area contributed by atoms with Crippen LogP contribution in [0.5, 0.6) is 0 Å². The lowest BCUT2D eigenvalue weighted by atomic mass is 9.99. The Bertz CT molecular complexity index is 742. The summed E-state index contributed by atoms with van der Waals surface area (Å²) < 4.78 is 13.0. The summed E-state index contributed by atoms with van der Waals surface area (Å²) >= 11 is 0. The molecular formula is C18H21FN6. The van der Waals surface area contributed by atoms with Gasteiger partial charge in [0.05, 0.1) is 0 Å². The summed E-state index contributed by atoms with van der Waals surface area (Å²) in [6.07, 6.45) is 6.05. The molecule has 2 atom stereocenters. The van der Waals surface area contributed by atoms with E-state index >= 15 is 0 Å². The van der Waals surface area contributed by atoms with Crippen LogP contribution in [0.3, 0.4) is 0 Å². The molecule has 2 aromatic rings. The fraction of sp³-hybridized carbons (Fsp3) is 0.389. The molecule has 2 heterocycles. The number of nitrogens with one attached hydrogen (secondary N) is 2. The number of halogens is 1. The summed E-state index contributed by atoms with van der Waals surface area (Å²) in [5, 5.41) is 9.10. The Hall–Kier alpha value is -2.56. The average Bonchev–Trinajstić information content (AvgIpc) is 3.11. The van der Waals surface area contributed by atoms with Crippen LogP contribution in [-0.2, 0) is 0 Å². The van der Waals surface area contributed by atoms with Gasteiger partial charge in [0.25, 0.3) is 0 Å². The first kappa shape index (κ1) is 17.3. The van der Waals surface area contributed by atoms with Gasteiger partial charge >= 0.3 is 0 Å². The van der Waals surface area contributed by atoms with Crippen molar-refractivity contribution in [1.29, 1.82) is 5.26 Å². The maximum Gasteiger partial charge on any atom is 0.183 e. The van der Waals surface area contributed by atoms with E-state index in [1.165, 1.54) is 18.3 Å². The minimum absolute atomic E-state index is 0.202. The molecule has 1 aliphatic rings. The van der Waals surface area contributed by atoms with Crippen molar-refractivity contribution in [2.45, 2.75) is 31.3 Å². The van der Waals surface area contributed by atoms with Crippen LogP contribution in [0, 0.1) is 17.1 Å². The molecule has 1 saturated heterocycles. The lowest BCUT2D eigenvalue weighted by Gasteiger charge is -2.19. The molecular weight excluding hydrogens is 319 g/mol. The number of hydrogen-bond donors (Lipinski definition) is 2. The predicted molar refractivity (Wildman–Crippen MR) is 93.1 cm³/mol. The molecule has 25 heavy (non-hydrogen) atoms. The summed E-state index contributed by atoms with van der Waals surface area (Å²) in [6, 6.07) is 9.27. The molecule has 2 N–H and O–H groups in total. The number of anilines is 1. The third kappa shape index (κ3) is 4.29. The molecule has 0 amide bonds. The van der Waals surface area contributed by atoms with E-state index in [-0.39, 0.29) is 11.9 Å². The zero-order valence-corrected chi connectivity index (χ0v) is 14.1. The smallest absolute Gasteiger partial charge is 0.183 e. The Morgan fingerprint density at radius 2 is 2.00 bits per heavy atom. The van der Waals surface area contributed by atoms with Crippen LogP contribution in [0.25, 0.3) is 0 Å². The first-order valence-electron chi connectivity index (χ1n) is 8.36. The molecule has 1 fully saturated rings. The highest BCUT2D eigenvalue weighted by Gasteiger charge is 2.24. The molecule has 130 valence electrons. The molecule has 0 aliphatic carbocycles. The summed E-state index contributed by atoms with van der Waals surface area (Å²) in [7, 11) is 1.92. The van der Waals surface area contributed by atoms with Crippen LogP contribution in [-0.4, -0.2) is 29.6 Å². The van der Waals surface area contributed by atoms with Gasteiger partial charge in [-0.05, 0) is 37.0 Å². The minimum atomic E-state index is -0.213. The normalized spacial score (nSPS) is 19.6. The third-order valence-corrected chi connectivity index (χ3v) is 4.45. The second-order valence-corrected chi connectivity index (χ2v) is 6.23. The second-order valence-electron chi connectivity index (χ2n) is 6.23. The van der Waals surface area contributed by atoms with E-state index in [0.717, 1.165) is 31.4 Å². The van der Waals surface area contributed by atoms with Gasteiger partial charge in [0.2, 0.25) is 0 Å². The molecule has 1 aliphatic heterocycles. The molecule has 6 nitrogen and oxygen atoms in total. The van der Waals surface area contributed by atoms with Crippen LogP contribution in [0.2, 0.25) is 0 Å². The van der Waals surface area contributed by atoms with Gasteiger partial charge in [0.1, 0.15) is 11.9 Å². The first-order valence-corrected chi connectivity index (χ1v) is 8.36. The Kier molecular flexibility index (Phi) is 5.53. The minimum Gasteiger partial charge on any atom is -0.357 e. The molecule has 2 unspecified atom stereocenters. The van der Waals surface area contributed by atoms with Crippen LogP contribution in [0.4, 0.5) is 10.2 Å². The van der Waals surface area contributed by atoms with Gasteiger partial charge in [-0.3, -0.25) is 10.9 Å². The van der Waals surface area contributed by atoms with Gasteiger partial charge in [-0.25, -0.2) is 14.4 Å². The maximum absolute atomic E-state index is 13.0. The van der Waals surface area contributed by atoms with Crippen LogP contribution < -0.4 is 15.8 Å². The Labute approximate surface area is 146 Å². The fourth-order valence-electron chi connectivity index (χ4n) is 3.09. The second kappa shape index (κ2) is 8.01. The summed E-state index contributed by atoms with van der Waals surface area (Å²) in [6.45, 7) is 0.798. The zero-order chi connectivity index (χ0) is 17.6. The van der Waals surface area contributed by atoms with E-state index in [1.807, 2.05) is 24.1 Å². The number of hydrogen-bond acceptors (Lipinski definition) is 6. The van der Waals surface area contributed by atoms with E-state index in [2.05, 4.69) is 26.9 Å². The molecule has 1 aromatic heterocycles. The zero-order valence-electron chi connectivity index (χ0n) is 14.1. The third-order valence-electron chi connectivity index (χ3n) is 4.45. The van der Waals surface area contributed by atoms with Crippen LogP contribution in [0.15, 0.2) is 36.7 Å². The van der Waals surface area contributed by atoms with Gasteiger partial charge < -0.3 is 4.90 Å². The number of aromatic nitrogens is 2. The van der Waals surface area contributed by atoms with Gasteiger partial charge in [-0.15, -0.1) is 0 Å². The van der Waals surface area contributed by atoms with E-state index in [4.69, 9.17) is 5.26 Å². The summed E-state index contributed by atoms with van der Waals surface area (Å²) in [4.78, 5) is 10.2.